The van der Waals surface area contributed by atoms with Crippen LogP contribution < -0.4 is 9.64 Å². The maximum Gasteiger partial charge on any atom is 0.413 e. The van der Waals surface area contributed by atoms with E-state index in [1.807, 2.05) is 42.5 Å². The molecule has 0 aliphatic carbocycles. The van der Waals surface area contributed by atoms with Gasteiger partial charge in [-0.3, -0.25) is 4.90 Å². The standard InChI is InChI=1S/C15H15NO3/c1-16(15(17)18-2)12-8-10-14(11-9-12)19-13-6-4-3-5-7-13/h3-11H,1-2H3. The first-order chi connectivity index (χ1) is 9.20. The second-order valence-corrected chi connectivity index (χ2v) is 3.94. The van der Waals surface area contributed by atoms with Gasteiger partial charge in [0.25, 0.3) is 0 Å². The van der Waals surface area contributed by atoms with Crippen LogP contribution in [0.4, 0.5) is 10.5 Å². The summed E-state index contributed by atoms with van der Waals surface area (Å²) in [5, 5.41) is 0. The predicted octanol–water partition coefficient (Wildman–Crippen LogP) is 3.68. The summed E-state index contributed by atoms with van der Waals surface area (Å²) in [5.74, 6) is 1.49. The molecule has 0 fully saturated rings. The molecule has 0 saturated carbocycles. The lowest BCUT2D eigenvalue weighted by atomic mass is 10.3. The Morgan fingerprint density at radius 2 is 1.53 bits per heavy atom. The van der Waals surface area contributed by atoms with Gasteiger partial charge in [-0.05, 0) is 36.4 Å². The van der Waals surface area contributed by atoms with Crippen LogP contribution in [-0.2, 0) is 4.74 Å². The highest BCUT2D eigenvalue weighted by molar-refractivity contribution is 5.86. The first-order valence-corrected chi connectivity index (χ1v) is 5.85. The van der Waals surface area contributed by atoms with E-state index < -0.39 is 6.09 Å². The number of nitrogens with zero attached hydrogens (tertiary/aromatic N) is 1. The summed E-state index contributed by atoms with van der Waals surface area (Å²) in [6, 6.07) is 16.7. The highest BCUT2D eigenvalue weighted by Gasteiger charge is 2.10. The number of carbonyl (C=O) groups is 1. The maximum absolute atomic E-state index is 11.4. The van der Waals surface area contributed by atoms with Crippen LogP contribution in [0, 0.1) is 0 Å². The average Bonchev–Trinajstić information content (AvgIpc) is 2.47. The summed E-state index contributed by atoms with van der Waals surface area (Å²) >= 11 is 0. The number of methoxy groups -OCH3 is 1. The van der Waals surface area contributed by atoms with Crippen LogP contribution in [0.5, 0.6) is 11.5 Å². The van der Waals surface area contributed by atoms with Crippen LogP contribution >= 0.6 is 0 Å². The number of benzene rings is 2. The number of hydrogen-bond acceptors (Lipinski definition) is 3. The van der Waals surface area contributed by atoms with Gasteiger partial charge in [0.1, 0.15) is 11.5 Å². The van der Waals surface area contributed by atoms with Crippen molar-refractivity contribution in [3.05, 3.63) is 54.6 Å². The van der Waals surface area contributed by atoms with Gasteiger partial charge in [0.05, 0.1) is 7.11 Å². The molecule has 0 N–H and O–H groups in total. The third-order valence-electron chi connectivity index (χ3n) is 2.65. The monoisotopic (exact) mass is 257 g/mol. The molecule has 2 aromatic rings. The number of ether oxygens (including phenoxy) is 2. The molecule has 0 spiro atoms. The zero-order valence-electron chi connectivity index (χ0n) is 10.9. The molecule has 0 bridgehead atoms. The molecule has 19 heavy (non-hydrogen) atoms. The number of rotatable bonds is 3. The third-order valence-corrected chi connectivity index (χ3v) is 2.65. The van der Waals surface area contributed by atoms with Crippen LogP contribution in [0.3, 0.4) is 0 Å². The van der Waals surface area contributed by atoms with Crippen molar-refractivity contribution in [2.24, 2.45) is 0 Å². The van der Waals surface area contributed by atoms with Crippen molar-refractivity contribution in [3.8, 4) is 11.5 Å². The fraction of sp³-hybridized carbons (Fsp3) is 0.133. The Hall–Kier alpha value is -2.49. The zero-order chi connectivity index (χ0) is 13.7. The average molecular weight is 257 g/mol. The molecule has 0 unspecified atom stereocenters. The van der Waals surface area contributed by atoms with E-state index in [2.05, 4.69) is 4.74 Å². The Bertz CT molecular complexity index is 537. The van der Waals surface area contributed by atoms with Crippen LogP contribution in [0.15, 0.2) is 54.6 Å². The Balaban J connectivity index is 2.08. The summed E-state index contributed by atoms with van der Waals surface area (Å²) < 4.78 is 10.3. The quantitative estimate of drug-likeness (QED) is 0.841. The smallest absolute Gasteiger partial charge is 0.413 e. The van der Waals surface area contributed by atoms with Gasteiger partial charge in [0.2, 0.25) is 0 Å². The van der Waals surface area contributed by atoms with E-state index in [0.29, 0.717) is 5.75 Å². The van der Waals surface area contributed by atoms with Gasteiger partial charge in [0, 0.05) is 12.7 Å². The molecule has 0 aromatic heterocycles. The minimum atomic E-state index is -0.406. The minimum absolute atomic E-state index is 0.406. The van der Waals surface area contributed by atoms with Crippen molar-refractivity contribution in [2.75, 3.05) is 19.1 Å². The van der Waals surface area contributed by atoms with E-state index >= 15 is 0 Å². The second-order valence-electron chi connectivity index (χ2n) is 3.94. The Labute approximate surface area is 112 Å². The van der Waals surface area contributed by atoms with Crippen molar-refractivity contribution in [1.29, 1.82) is 0 Å². The molecule has 0 aliphatic rings. The van der Waals surface area contributed by atoms with Crippen LogP contribution in [0.1, 0.15) is 0 Å². The largest absolute Gasteiger partial charge is 0.457 e. The van der Waals surface area contributed by atoms with Gasteiger partial charge >= 0.3 is 6.09 Å². The summed E-state index contributed by atoms with van der Waals surface area (Å²) in [6.45, 7) is 0. The van der Waals surface area contributed by atoms with Gasteiger partial charge in [-0.25, -0.2) is 4.79 Å². The van der Waals surface area contributed by atoms with Crippen molar-refractivity contribution in [3.63, 3.8) is 0 Å². The van der Waals surface area contributed by atoms with E-state index in [1.54, 1.807) is 19.2 Å². The van der Waals surface area contributed by atoms with Gasteiger partial charge in [-0.15, -0.1) is 0 Å². The van der Waals surface area contributed by atoms with Crippen LogP contribution in [0.2, 0.25) is 0 Å². The number of amides is 1. The molecule has 4 nitrogen and oxygen atoms in total. The molecule has 0 heterocycles. The van der Waals surface area contributed by atoms with Gasteiger partial charge < -0.3 is 9.47 Å². The SMILES string of the molecule is COC(=O)N(C)c1ccc(Oc2ccccc2)cc1. The fourth-order valence-corrected chi connectivity index (χ4v) is 1.60. The molecule has 98 valence electrons. The molecule has 2 rings (SSSR count). The Morgan fingerprint density at radius 3 is 2.11 bits per heavy atom. The number of anilines is 1. The summed E-state index contributed by atoms with van der Waals surface area (Å²) in [7, 11) is 3.00. The second kappa shape index (κ2) is 5.91. The van der Waals surface area contributed by atoms with E-state index in [1.165, 1.54) is 12.0 Å². The third kappa shape index (κ3) is 3.25. The molecule has 0 saturated heterocycles. The summed E-state index contributed by atoms with van der Waals surface area (Å²) in [6.07, 6.45) is -0.406. The van der Waals surface area contributed by atoms with Gasteiger partial charge in [0.15, 0.2) is 0 Å². The molecule has 2 aromatic carbocycles. The maximum atomic E-state index is 11.4. The number of hydrogen-bond donors (Lipinski definition) is 0. The van der Waals surface area contributed by atoms with E-state index in [-0.39, 0.29) is 0 Å². The van der Waals surface area contributed by atoms with Crippen molar-refractivity contribution < 1.29 is 14.3 Å². The lowest BCUT2D eigenvalue weighted by molar-refractivity contribution is 0.180. The lowest BCUT2D eigenvalue weighted by Crippen LogP contribution is -2.25. The lowest BCUT2D eigenvalue weighted by Gasteiger charge is -2.15. The first kappa shape index (κ1) is 13.0. The Morgan fingerprint density at radius 1 is 0.947 bits per heavy atom. The van der Waals surface area contributed by atoms with E-state index in [0.717, 1.165) is 11.4 Å². The van der Waals surface area contributed by atoms with Crippen LogP contribution in [-0.4, -0.2) is 20.3 Å². The first-order valence-electron chi connectivity index (χ1n) is 5.85. The van der Waals surface area contributed by atoms with Crippen LogP contribution in [0.25, 0.3) is 0 Å². The van der Waals surface area contributed by atoms with Crippen molar-refractivity contribution in [1.82, 2.24) is 0 Å². The minimum Gasteiger partial charge on any atom is -0.457 e. The topological polar surface area (TPSA) is 38.8 Å². The fourth-order valence-electron chi connectivity index (χ4n) is 1.60. The van der Waals surface area contributed by atoms with E-state index in [4.69, 9.17) is 4.74 Å². The molecular weight excluding hydrogens is 242 g/mol. The summed E-state index contributed by atoms with van der Waals surface area (Å²) in [5.41, 5.74) is 0.743. The molecule has 1 amide bonds. The molecule has 0 atom stereocenters. The highest BCUT2D eigenvalue weighted by atomic mass is 16.5. The highest BCUT2D eigenvalue weighted by Crippen LogP contribution is 2.23. The molecule has 0 radical (unpaired) electrons. The summed E-state index contributed by atoms with van der Waals surface area (Å²) in [4.78, 5) is 12.8. The number of carbonyl (C=O) groups excluding carboxylic acids is 1. The Kier molecular flexibility index (Phi) is 4.03. The van der Waals surface area contributed by atoms with Crippen molar-refractivity contribution >= 4 is 11.8 Å². The number of para-hydroxylation sites is 1. The van der Waals surface area contributed by atoms with Crippen molar-refractivity contribution in [2.45, 2.75) is 0 Å². The predicted molar refractivity (Wildman–Crippen MR) is 73.8 cm³/mol. The normalized spacial score (nSPS) is 9.79. The zero-order valence-corrected chi connectivity index (χ0v) is 10.9. The molecule has 4 heteroatoms. The van der Waals surface area contributed by atoms with E-state index in [9.17, 15) is 4.79 Å². The molecular formula is C15H15NO3. The molecule has 0 aliphatic heterocycles. The van der Waals surface area contributed by atoms with Gasteiger partial charge in [-0.1, -0.05) is 18.2 Å². The van der Waals surface area contributed by atoms with Gasteiger partial charge in [-0.2, -0.15) is 0 Å².